The maximum Gasteiger partial charge on any atom is 0.225 e. The molecule has 1 aliphatic rings. The molecule has 114 valence electrons. The van der Waals surface area contributed by atoms with Crippen molar-refractivity contribution in [2.45, 2.75) is 25.7 Å². The van der Waals surface area contributed by atoms with Gasteiger partial charge in [-0.1, -0.05) is 6.08 Å². The molecule has 0 radical (unpaired) electrons. The smallest absolute Gasteiger partial charge is 0.225 e. The molecule has 1 aromatic heterocycles. The molecule has 0 bridgehead atoms. The summed E-state index contributed by atoms with van der Waals surface area (Å²) in [5, 5.41) is 2.96. The number of carbonyl (C=O) groups is 1. The predicted octanol–water partition coefficient (Wildman–Crippen LogP) is 1.91. The Balaban J connectivity index is 1.72. The Morgan fingerprint density at radius 2 is 2.10 bits per heavy atom. The molecule has 0 spiro atoms. The van der Waals surface area contributed by atoms with Crippen molar-refractivity contribution in [2.75, 3.05) is 24.5 Å². The summed E-state index contributed by atoms with van der Waals surface area (Å²) in [5.74, 6) is 0.717. The number of amides is 1. The molecule has 0 saturated carbocycles. The van der Waals surface area contributed by atoms with E-state index in [2.05, 4.69) is 26.8 Å². The highest BCUT2D eigenvalue weighted by molar-refractivity contribution is 5.75. The molecule has 2 rings (SSSR count). The van der Waals surface area contributed by atoms with Crippen molar-refractivity contribution in [3.05, 3.63) is 30.9 Å². The molecule has 5 nitrogen and oxygen atoms in total. The Morgan fingerprint density at radius 3 is 2.71 bits per heavy atom. The van der Waals surface area contributed by atoms with Gasteiger partial charge in [0.15, 0.2) is 5.82 Å². The molecule has 1 amide bonds. The van der Waals surface area contributed by atoms with Crippen LogP contribution in [0.25, 0.3) is 0 Å². The standard InChI is InChI=1S/C15H21FN4O/c1-2-3-4-14(21)17-9-12-5-7-20(8-6-12)15-18-10-13(16)11-19-15/h2,10-12H,1,3-9H2,(H,17,21). The van der Waals surface area contributed by atoms with Crippen molar-refractivity contribution in [3.8, 4) is 0 Å². The molecule has 1 aromatic rings. The van der Waals surface area contributed by atoms with Crippen molar-refractivity contribution < 1.29 is 9.18 Å². The number of piperidine rings is 1. The van der Waals surface area contributed by atoms with Gasteiger partial charge in [-0.25, -0.2) is 14.4 Å². The fourth-order valence-corrected chi connectivity index (χ4v) is 2.39. The molecule has 1 fully saturated rings. The number of hydrogen-bond acceptors (Lipinski definition) is 4. The average molecular weight is 292 g/mol. The van der Waals surface area contributed by atoms with E-state index in [1.807, 2.05) is 0 Å². The van der Waals surface area contributed by atoms with Crippen LogP contribution < -0.4 is 10.2 Å². The fraction of sp³-hybridized carbons (Fsp3) is 0.533. The van der Waals surface area contributed by atoms with Gasteiger partial charge in [-0.2, -0.15) is 0 Å². The molecule has 6 heteroatoms. The molecule has 2 heterocycles. The number of rotatable bonds is 6. The van der Waals surface area contributed by atoms with E-state index in [1.165, 1.54) is 12.4 Å². The maximum atomic E-state index is 12.8. The molecular weight excluding hydrogens is 271 g/mol. The number of nitrogens with one attached hydrogen (secondary N) is 1. The van der Waals surface area contributed by atoms with E-state index in [9.17, 15) is 9.18 Å². The Kier molecular flexibility index (Phi) is 5.66. The zero-order chi connectivity index (χ0) is 15.1. The minimum atomic E-state index is -0.420. The third-order valence-electron chi connectivity index (χ3n) is 3.67. The van der Waals surface area contributed by atoms with Gasteiger partial charge in [-0.15, -0.1) is 6.58 Å². The summed E-state index contributed by atoms with van der Waals surface area (Å²) < 4.78 is 12.8. The second-order valence-electron chi connectivity index (χ2n) is 5.26. The Hall–Kier alpha value is -1.98. The van der Waals surface area contributed by atoms with Crippen LogP contribution >= 0.6 is 0 Å². The van der Waals surface area contributed by atoms with Gasteiger partial charge in [0.2, 0.25) is 11.9 Å². The number of carbonyl (C=O) groups excluding carboxylic acids is 1. The number of aromatic nitrogens is 2. The van der Waals surface area contributed by atoms with Crippen LogP contribution in [0.4, 0.5) is 10.3 Å². The molecule has 1 aliphatic heterocycles. The summed E-state index contributed by atoms with van der Waals surface area (Å²) in [7, 11) is 0. The highest BCUT2D eigenvalue weighted by atomic mass is 19.1. The lowest BCUT2D eigenvalue weighted by molar-refractivity contribution is -0.121. The summed E-state index contributed by atoms with van der Waals surface area (Å²) in [6, 6.07) is 0. The van der Waals surface area contributed by atoms with Gasteiger partial charge in [0.25, 0.3) is 0 Å². The normalized spacial score (nSPS) is 15.8. The van der Waals surface area contributed by atoms with Gasteiger partial charge >= 0.3 is 0 Å². The van der Waals surface area contributed by atoms with Crippen LogP contribution in [0.15, 0.2) is 25.0 Å². The predicted molar refractivity (Wildman–Crippen MR) is 79.4 cm³/mol. The van der Waals surface area contributed by atoms with Gasteiger partial charge in [-0.05, 0) is 25.2 Å². The van der Waals surface area contributed by atoms with Crippen LogP contribution in [0.2, 0.25) is 0 Å². The van der Waals surface area contributed by atoms with Crippen LogP contribution in [-0.4, -0.2) is 35.5 Å². The monoisotopic (exact) mass is 292 g/mol. The van der Waals surface area contributed by atoms with Crippen LogP contribution in [0, 0.1) is 11.7 Å². The lowest BCUT2D eigenvalue weighted by Crippen LogP contribution is -2.39. The van der Waals surface area contributed by atoms with Crippen molar-refractivity contribution >= 4 is 11.9 Å². The van der Waals surface area contributed by atoms with Crippen LogP contribution in [0.1, 0.15) is 25.7 Å². The number of hydrogen-bond donors (Lipinski definition) is 1. The highest BCUT2D eigenvalue weighted by Crippen LogP contribution is 2.19. The van der Waals surface area contributed by atoms with Gasteiger partial charge < -0.3 is 10.2 Å². The Bertz CT molecular complexity index is 469. The topological polar surface area (TPSA) is 58.1 Å². The first-order valence-corrected chi connectivity index (χ1v) is 7.29. The van der Waals surface area contributed by atoms with E-state index in [-0.39, 0.29) is 5.91 Å². The first-order valence-electron chi connectivity index (χ1n) is 7.29. The first-order chi connectivity index (χ1) is 10.2. The van der Waals surface area contributed by atoms with E-state index < -0.39 is 5.82 Å². The highest BCUT2D eigenvalue weighted by Gasteiger charge is 2.21. The van der Waals surface area contributed by atoms with E-state index in [4.69, 9.17) is 0 Å². The average Bonchev–Trinajstić information content (AvgIpc) is 2.52. The van der Waals surface area contributed by atoms with Gasteiger partial charge in [0, 0.05) is 26.1 Å². The van der Waals surface area contributed by atoms with Gasteiger partial charge in [0.05, 0.1) is 12.4 Å². The Labute approximate surface area is 124 Å². The lowest BCUT2D eigenvalue weighted by Gasteiger charge is -2.31. The quantitative estimate of drug-likeness (QED) is 0.814. The number of halogens is 1. The summed E-state index contributed by atoms with van der Waals surface area (Å²) in [4.78, 5) is 21.6. The summed E-state index contributed by atoms with van der Waals surface area (Å²) in [6.07, 6.45) is 7.30. The van der Waals surface area contributed by atoms with E-state index >= 15 is 0 Å². The molecule has 1 saturated heterocycles. The second kappa shape index (κ2) is 7.71. The minimum absolute atomic E-state index is 0.0826. The van der Waals surface area contributed by atoms with E-state index in [1.54, 1.807) is 6.08 Å². The minimum Gasteiger partial charge on any atom is -0.356 e. The van der Waals surface area contributed by atoms with Gasteiger partial charge in [-0.3, -0.25) is 4.79 Å². The fourth-order valence-electron chi connectivity index (χ4n) is 2.39. The maximum absolute atomic E-state index is 12.8. The lowest BCUT2D eigenvalue weighted by atomic mass is 9.97. The van der Waals surface area contributed by atoms with Crippen molar-refractivity contribution in [1.29, 1.82) is 0 Å². The first kappa shape index (κ1) is 15.4. The molecule has 0 atom stereocenters. The Morgan fingerprint density at radius 1 is 1.43 bits per heavy atom. The van der Waals surface area contributed by atoms with Crippen LogP contribution in [0.5, 0.6) is 0 Å². The number of nitrogens with zero attached hydrogens (tertiary/aromatic N) is 3. The van der Waals surface area contributed by atoms with Crippen molar-refractivity contribution in [2.24, 2.45) is 5.92 Å². The molecular formula is C15H21FN4O. The largest absolute Gasteiger partial charge is 0.356 e. The number of anilines is 1. The molecule has 0 aromatic carbocycles. The van der Waals surface area contributed by atoms with E-state index in [0.717, 1.165) is 25.9 Å². The summed E-state index contributed by atoms with van der Waals surface area (Å²) in [5.41, 5.74) is 0. The zero-order valence-electron chi connectivity index (χ0n) is 12.1. The van der Waals surface area contributed by atoms with E-state index in [0.29, 0.717) is 31.3 Å². The van der Waals surface area contributed by atoms with Gasteiger partial charge in [0.1, 0.15) is 0 Å². The molecule has 21 heavy (non-hydrogen) atoms. The third-order valence-corrected chi connectivity index (χ3v) is 3.67. The molecule has 0 aliphatic carbocycles. The number of allylic oxidation sites excluding steroid dienone is 1. The summed E-state index contributed by atoms with van der Waals surface area (Å²) >= 11 is 0. The summed E-state index contributed by atoms with van der Waals surface area (Å²) in [6.45, 7) is 5.99. The molecule has 1 N–H and O–H groups in total. The van der Waals surface area contributed by atoms with Crippen molar-refractivity contribution in [1.82, 2.24) is 15.3 Å². The van der Waals surface area contributed by atoms with Crippen LogP contribution in [-0.2, 0) is 4.79 Å². The van der Waals surface area contributed by atoms with Crippen LogP contribution in [0.3, 0.4) is 0 Å². The second-order valence-corrected chi connectivity index (χ2v) is 5.26. The van der Waals surface area contributed by atoms with Crippen molar-refractivity contribution in [3.63, 3.8) is 0 Å². The molecule has 0 unspecified atom stereocenters. The third kappa shape index (κ3) is 4.81. The SMILES string of the molecule is C=CCCC(=O)NCC1CCN(c2ncc(F)cn2)CC1. The zero-order valence-corrected chi connectivity index (χ0v) is 12.1.